The molecule has 4 atom stereocenters. The van der Waals surface area contributed by atoms with Gasteiger partial charge < -0.3 is 20.7 Å². The Labute approximate surface area is 226 Å². The Morgan fingerprint density at radius 1 is 1.00 bits per heavy atom. The highest BCUT2D eigenvalue weighted by Gasteiger charge is 2.43. The lowest BCUT2D eigenvalue weighted by Crippen LogP contribution is -2.51. The first-order valence-corrected chi connectivity index (χ1v) is 13.9. The monoisotopic (exact) mass is 519 g/mol. The third-order valence-corrected chi connectivity index (χ3v) is 8.30. The standard InChI is InChI=1S/C31H41N3O4/c1-21(35)27(17-22-11-5-3-6-12-22)33-31(37)28-18-24(23-13-7-4-8-14-23)20-34(28)30(36)19-26(32)25-15-9-10-16-29(25)38-2/h3,5-6,9-12,15-16,23-24,26-28H,4,7-8,13-14,17-20,32H2,1-2H3,(H,33,37)/t24?,26?,27?,28-/m0/s1. The van der Waals surface area contributed by atoms with Crippen molar-refractivity contribution in [1.82, 2.24) is 10.2 Å². The second-order valence-electron chi connectivity index (χ2n) is 10.9. The zero-order chi connectivity index (χ0) is 27.1. The van der Waals surface area contributed by atoms with Crippen molar-refractivity contribution < 1.29 is 19.1 Å². The van der Waals surface area contributed by atoms with Crippen molar-refractivity contribution in [2.75, 3.05) is 13.7 Å². The molecule has 1 aliphatic heterocycles. The van der Waals surface area contributed by atoms with Gasteiger partial charge >= 0.3 is 0 Å². The van der Waals surface area contributed by atoms with E-state index in [0.29, 0.717) is 31.1 Å². The van der Waals surface area contributed by atoms with Crippen molar-refractivity contribution in [1.29, 1.82) is 0 Å². The number of methoxy groups -OCH3 is 1. The van der Waals surface area contributed by atoms with E-state index in [1.165, 1.54) is 26.2 Å². The zero-order valence-corrected chi connectivity index (χ0v) is 22.6. The second kappa shape index (κ2) is 13.1. The number of para-hydroxylation sites is 1. The fraction of sp³-hybridized carbons (Fsp3) is 0.516. The number of rotatable bonds is 10. The lowest BCUT2D eigenvalue weighted by atomic mass is 9.79. The summed E-state index contributed by atoms with van der Waals surface area (Å²) in [5.74, 6) is 0.965. The Bertz CT molecular complexity index is 1100. The Morgan fingerprint density at radius 2 is 1.68 bits per heavy atom. The van der Waals surface area contributed by atoms with Crippen LogP contribution in [0.4, 0.5) is 0 Å². The molecule has 204 valence electrons. The Morgan fingerprint density at radius 3 is 2.37 bits per heavy atom. The van der Waals surface area contributed by atoms with Gasteiger partial charge in [0.2, 0.25) is 11.8 Å². The molecule has 38 heavy (non-hydrogen) atoms. The van der Waals surface area contributed by atoms with Gasteiger partial charge in [0.25, 0.3) is 0 Å². The predicted octanol–water partition coefficient (Wildman–Crippen LogP) is 4.20. The van der Waals surface area contributed by atoms with Gasteiger partial charge in [-0.15, -0.1) is 0 Å². The number of nitrogens with two attached hydrogens (primary N) is 1. The number of hydrogen-bond acceptors (Lipinski definition) is 5. The van der Waals surface area contributed by atoms with Crippen molar-refractivity contribution in [2.24, 2.45) is 17.6 Å². The van der Waals surface area contributed by atoms with E-state index < -0.39 is 18.1 Å². The lowest BCUT2D eigenvalue weighted by Gasteiger charge is -2.28. The summed E-state index contributed by atoms with van der Waals surface area (Å²) < 4.78 is 5.44. The molecule has 1 saturated carbocycles. The van der Waals surface area contributed by atoms with E-state index in [1.807, 2.05) is 54.6 Å². The number of nitrogens with zero attached hydrogens (tertiary/aromatic N) is 1. The minimum Gasteiger partial charge on any atom is -0.496 e. The van der Waals surface area contributed by atoms with Gasteiger partial charge in [0.1, 0.15) is 11.8 Å². The SMILES string of the molecule is COc1ccccc1C(N)CC(=O)N1CC(C2CCCCC2)C[C@H]1C(=O)NC(Cc1ccccc1)C(C)=O. The number of Topliss-reactive ketones (excluding diaryl/α,β-unsaturated/α-hetero) is 1. The van der Waals surface area contributed by atoms with Gasteiger partial charge in [-0.1, -0.05) is 80.6 Å². The quantitative estimate of drug-likeness (QED) is 0.490. The van der Waals surface area contributed by atoms with Crippen LogP contribution in [0, 0.1) is 11.8 Å². The topological polar surface area (TPSA) is 102 Å². The number of likely N-dealkylation sites (tertiary alicyclic amines) is 1. The van der Waals surface area contributed by atoms with Crippen molar-refractivity contribution >= 4 is 17.6 Å². The van der Waals surface area contributed by atoms with Crippen LogP contribution in [-0.2, 0) is 20.8 Å². The molecule has 3 N–H and O–H groups in total. The molecule has 2 aliphatic rings. The van der Waals surface area contributed by atoms with Gasteiger partial charge in [0.15, 0.2) is 5.78 Å². The molecule has 0 radical (unpaired) electrons. The number of hydrogen-bond donors (Lipinski definition) is 2. The summed E-state index contributed by atoms with van der Waals surface area (Å²) in [5, 5.41) is 2.98. The maximum absolute atomic E-state index is 13.6. The normalized spacial score (nSPS) is 21.5. The van der Waals surface area contributed by atoms with Crippen LogP contribution in [0.5, 0.6) is 5.75 Å². The lowest BCUT2D eigenvalue weighted by molar-refractivity contribution is -0.139. The summed E-state index contributed by atoms with van der Waals surface area (Å²) in [6, 6.07) is 15.3. The first kappa shape index (κ1) is 27.8. The Kier molecular flexibility index (Phi) is 9.56. The number of nitrogens with one attached hydrogen (secondary N) is 1. The van der Waals surface area contributed by atoms with Crippen LogP contribution in [0.15, 0.2) is 54.6 Å². The smallest absolute Gasteiger partial charge is 0.243 e. The van der Waals surface area contributed by atoms with Gasteiger partial charge in [-0.2, -0.15) is 0 Å². The minimum absolute atomic E-state index is 0.0850. The minimum atomic E-state index is -0.633. The van der Waals surface area contributed by atoms with E-state index in [-0.39, 0.29) is 29.9 Å². The van der Waals surface area contributed by atoms with E-state index >= 15 is 0 Å². The molecular formula is C31H41N3O4. The van der Waals surface area contributed by atoms with Gasteiger partial charge in [0, 0.05) is 24.6 Å². The molecule has 3 unspecified atom stereocenters. The van der Waals surface area contributed by atoms with E-state index in [2.05, 4.69) is 5.32 Å². The number of ketones is 1. The van der Waals surface area contributed by atoms with Gasteiger partial charge in [-0.3, -0.25) is 14.4 Å². The molecule has 0 bridgehead atoms. The van der Waals surface area contributed by atoms with Crippen LogP contribution >= 0.6 is 0 Å². The third kappa shape index (κ3) is 6.81. The number of carbonyl (C=O) groups excluding carboxylic acids is 3. The van der Waals surface area contributed by atoms with Crippen molar-refractivity contribution in [3.8, 4) is 5.75 Å². The number of benzene rings is 2. The molecule has 0 aromatic heterocycles. The fourth-order valence-electron chi connectivity index (χ4n) is 6.14. The van der Waals surface area contributed by atoms with Crippen LogP contribution in [0.2, 0.25) is 0 Å². The molecule has 2 fully saturated rings. The van der Waals surface area contributed by atoms with Crippen LogP contribution in [-0.4, -0.2) is 48.2 Å². The largest absolute Gasteiger partial charge is 0.496 e. The molecular weight excluding hydrogens is 478 g/mol. The van der Waals surface area contributed by atoms with E-state index in [1.54, 1.807) is 12.0 Å². The average molecular weight is 520 g/mol. The number of carbonyl (C=O) groups is 3. The molecule has 1 heterocycles. The van der Waals surface area contributed by atoms with Crippen LogP contribution in [0.1, 0.15) is 69.0 Å². The molecule has 7 heteroatoms. The van der Waals surface area contributed by atoms with Crippen LogP contribution in [0.25, 0.3) is 0 Å². The van der Waals surface area contributed by atoms with Crippen molar-refractivity contribution in [2.45, 2.75) is 76.4 Å². The summed E-state index contributed by atoms with van der Waals surface area (Å²) in [6.45, 7) is 2.06. The molecule has 2 aromatic carbocycles. The second-order valence-corrected chi connectivity index (χ2v) is 10.9. The van der Waals surface area contributed by atoms with Crippen LogP contribution < -0.4 is 15.8 Å². The fourth-order valence-corrected chi connectivity index (χ4v) is 6.14. The van der Waals surface area contributed by atoms with Gasteiger partial charge in [0.05, 0.1) is 13.2 Å². The summed E-state index contributed by atoms with van der Waals surface area (Å²) in [5.41, 5.74) is 8.22. The summed E-state index contributed by atoms with van der Waals surface area (Å²) in [6.07, 6.45) is 7.08. The highest BCUT2D eigenvalue weighted by Crippen LogP contribution is 2.38. The maximum atomic E-state index is 13.6. The van der Waals surface area contributed by atoms with Crippen molar-refractivity contribution in [3.05, 3.63) is 65.7 Å². The number of amides is 2. The first-order chi connectivity index (χ1) is 18.4. The Hall–Kier alpha value is -3.19. The van der Waals surface area contributed by atoms with Crippen LogP contribution in [0.3, 0.4) is 0 Å². The van der Waals surface area contributed by atoms with E-state index in [0.717, 1.165) is 24.0 Å². The molecule has 7 nitrogen and oxygen atoms in total. The molecule has 1 saturated heterocycles. The highest BCUT2D eigenvalue weighted by molar-refractivity contribution is 5.92. The highest BCUT2D eigenvalue weighted by atomic mass is 16.5. The van der Waals surface area contributed by atoms with Gasteiger partial charge in [-0.25, -0.2) is 0 Å². The van der Waals surface area contributed by atoms with E-state index in [4.69, 9.17) is 10.5 Å². The first-order valence-electron chi connectivity index (χ1n) is 13.9. The molecule has 2 aromatic rings. The maximum Gasteiger partial charge on any atom is 0.243 e. The third-order valence-electron chi connectivity index (χ3n) is 8.30. The number of ether oxygens (including phenoxy) is 1. The van der Waals surface area contributed by atoms with Crippen molar-refractivity contribution in [3.63, 3.8) is 0 Å². The molecule has 4 rings (SSSR count). The molecule has 0 spiro atoms. The Balaban J connectivity index is 1.50. The van der Waals surface area contributed by atoms with E-state index in [9.17, 15) is 14.4 Å². The zero-order valence-electron chi connectivity index (χ0n) is 22.6. The summed E-state index contributed by atoms with van der Waals surface area (Å²) >= 11 is 0. The van der Waals surface area contributed by atoms with Gasteiger partial charge in [-0.05, 0) is 43.2 Å². The summed E-state index contributed by atoms with van der Waals surface area (Å²) in [7, 11) is 1.59. The molecule has 1 aliphatic carbocycles. The predicted molar refractivity (Wildman–Crippen MR) is 147 cm³/mol. The summed E-state index contributed by atoms with van der Waals surface area (Å²) in [4.78, 5) is 41.5. The average Bonchev–Trinajstić information content (AvgIpc) is 3.39. The molecule has 2 amide bonds.